The van der Waals surface area contributed by atoms with E-state index in [1.165, 1.54) is 0 Å². The molecule has 1 heterocycles. The first-order valence-electron chi connectivity index (χ1n) is 8.60. The van der Waals surface area contributed by atoms with Gasteiger partial charge in [0.05, 0.1) is 17.9 Å². The maximum atomic E-state index is 13.1. The largest absolute Gasteiger partial charge is 0.490 e. The molecule has 0 amide bonds. The van der Waals surface area contributed by atoms with Gasteiger partial charge in [0.15, 0.2) is 0 Å². The van der Waals surface area contributed by atoms with Crippen molar-refractivity contribution >= 4 is 5.97 Å². The van der Waals surface area contributed by atoms with Gasteiger partial charge in [-0.15, -0.1) is 0 Å². The van der Waals surface area contributed by atoms with Gasteiger partial charge in [-0.1, -0.05) is 12.1 Å². The lowest BCUT2D eigenvalue weighted by molar-refractivity contribution is -0.188. The van der Waals surface area contributed by atoms with Gasteiger partial charge in [0.2, 0.25) is 0 Å². The summed E-state index contributed by atoms with van der Waals surface area (Å²) < 4.78 is 45.1. The zero-order valence-corrected chi connectivity index (χ0v) is 13.8. The van der Waals surface area contributed by atoms with Crippen molar-refractivity contribution in [2.75, 3.05) is 13.1 Å². The molecule has 4 nitrogen and oxygen atoms in total. The second kappa shape index (κ2) is 7.23. The maximum absolute atomic E-state index is 13.1. The molecule has 1 aliphatic carbocycles. The Balaban J connectivity index is 1.65. The van der Waals surface area contributed by atoms with E-state index >= 15 is 0 Å². The number of nitrogens with zero attached hydrogens (tertiary/aromatic N) is 1. The van der Waals surface area contributed by atoms with E-state index in [4.69, 9.17) is 9.84 Å². The van der Waals surface area contributed by atoms with Crippen LogP contribution in [0.2, 0.25) is 0 Å². The fourth-order valence-electron chi connectivity index (χ4n) is 3.77. The standard InChI is InChI=1S/C18H22F3NO3/c19-18(20,21)16-11-22(10-15(16)17(23)24)9-12-4-3-7-14(8-12)25-13-5-1-2-6-13/h3-4,7-8,13,15-16H,1-2,5-6,9-11H2,(H,23,24)/t15-,16-/m1/s1. The Bertz CT molecular complexity index is 614. The third-order valence-electron chi connectivity index (χ3n) is 5.04. The number of hydrogen-bond acceptors (Lipinski definition) is 3. The number of alkyl halides is 3. The molecular formula is C18H22F3NO3. The number of aliphatic carboxylic acids is 1. The lowest BCUT2D eigenvalue weighted by Crippen LogP contribution is -2.33. The van der Waals surface area contributed by atoms with E-state index in [2.05, 4.69) is 0 Å². The van der Waals surface area contributed by atoms with Crippen LogP contribution in [-0.4, -0.2) is 41.3 Å². The average Bonchev–Trinajstić information content (AvgIpc) is 3.16. The quantitative estimate of drug-likeness (QED) is 0.873. The zero-order valence-electron chi connectivity index (χ0n) is 13.8. The second-order valence-electron chi connectivity index (χ2n) is 6.96. The number of carbonyl (C=O) groups is 1. The van der Waals surface area contributed by atoms with Crippen molar-refractivity contribution in [1.82, 2.24) is 4.90 Å². The van der Waals surface area contributed by atoms with Gasteiger partial charge in [0, 0.05) is 19.6 Å². The molecule has 1 N–H and O–H groups in total. The van der Waals surface area contributed by atoms with Crippen LogP contribution < -0.4 is 4.74 Å². The van der Waals surface area contributed by atoms with Crippen LogP contribution in [-0.2, 0) is 11.3 Å². The second-order valence-corrected chi connectivity index (χ2v) is 6.96. The SMILES string of the molecule is O=C(O)[C@@H]1CN(Cc2cccc(OC3CCCC3)c2)C[C@H]1C(F)(F)F. The molecular weight excluding hydrogens is 335 g/mol. The number of likely N-dealkylation sites (tertiary alicyclic amines) is 1. The molecule has 7 heteroatoms. The Morgan fingerprint density at radius 1 is 1.24 bits per heavy atom. The number of halogens is 3. The van der Waals surface area contributed by atoms with Crippen LogP contribution in [0, 0.1) is 11.8 Å². The summed E-state index contributed by atoms with van der Waals surface area (Å²) in [4.78, 5) is 12.7. The molecule has 1 aromatic rings. The highest BCUT2D eigenvalue weighted by molar-refractivity contribution is 5.71. The molecule has 2 fully saturated rings. The summed E-state index contributed by atoms with van der Waals surface area (Å²) in [6, 6.07) is 7.35. The van der Waals surface area contributed by atoms with E-state index in [9.17, 15) is 18.0 Å². The summed E-state index contributed by atoms with van der Waals surface area (Å²) >= 11 is 0. The minimum atomic E-state index is -4.49. The van der Waals surface area contributed by atoms with Gasteiger partial charge < -0.3 is 9.84 Å². The molecule has 0 unspecified atom stereocenters. The van der Waals surface area contributed by atoms with Crippen LogP contribution >= 0.6 is 0 Å². The first kappa shape index (κ1) is 18.0. The Morgan fingerprint density at radius 3 is 2.56 bits per heavy atom. The van der Waals surface area contributed by atoms with Gasteiger partial charge in [0.1, 0.15) is 5.75 Å². The van der Waals surface area contributed by atoms with E-state index in [1.807, 2.05) is 24.3 Å². The monoisotopic (exact) mass is 357 g/mol. The fraction of sp³-hybridized carbons (Fsp3) is 0.611. The molecule has 138 valence electrons. The Hall–Kier alpha value is -1.76. The highest BCUT2D eigenvalue weighted by Gasteiger charge is 2.52. The number of carboxylic acids is 1. The van der Waals surface area contributed by atoms with Crippen LogP contribution in [0.25, 0.3) is 0 Å². The summed E-state index contributed by atoms with van der Waals surface area (Å²) in [5.74, 6) is -3.88. The van der Waals surface area contributed by atoms with Gasteiger partial charge in [-0.05, 0) is 43.4 Å². The van der Waals surface area contributed by atoms with Crippen molar-refractivity contribution in [2.24, 2.45) is 11.8 Å². The lowest BCUT2D eigenvalue weighted by Gasteiger charge is -2.19. The number of rotatable bonds is 5. The predicted octanol–water partition coefficient (Wildman–Crippen LogP) is 3.70. The Labute approximate surface area is 144 Å². The van der Waals surface area contributed by atoms with Crippen LogP contribution in [0.1, 0.15) is 31.2 Å². The van der Waals surface area contributed by atoms with Gasteiger partial charge in [0.25, 0.3) is 0 Å². The van der Waals surface area contributed by atoms with Crippen molar-refractivity contribution in [2.45, 2.75) is 44.5 Å². The molecule has 2 atom stereocenters. The van der Waals surface area contributed by atoms with E-state index in [-0.39, 0.29) is 25.7 Å². The minimum absolute atomic E-state index is 0.0901. The number of benzene rings is 1. The summed E-state index contributed by atoms with van der Waals surface area (Å²) in [7, 11) is 0. The van der Waals surface area contributed by atoms with Crippen molar-refractivity contribution in [1.29, 1.82) is 0 Å². The van der Waals surface area contributed by atoms with Crippen LogP contribution in [0.15, 0.2) is 24.3 Å². The van der Waals surface area contributed by atoms with Crippen molar-refractivity contribution in [3.8, 4) is 5.75 Å². The third kappa shape index (κ3) is 4.45. The van der Waals surface area contributed by atoms with Crippen molar-refractivity contribution in [3.63, 3.8) is 0 Å². The van der Waals surface area contributed by atoms with Crippen LogP contribution in [0.5, 0.6) is 5.75 Å². The van der Waals surface area contributed by atoms with Gasteiger partial charge in [-0.25, -0.2) is 0 Å². The molecule has 3 rings (SSSR count). The molecule has 1 aliphatic heterocycles. The molecule has 1 aromatic carbocycles. The molecule has 1 saturated carbocycles. The first-order chi connectivity index (χ1) is 11.8. The molecule has 0 bridgehead atoms. The summed E-state index contributed by atoms with van der Waals surface area (Å²) in [6.07, 6.45) is 0.105. The van der Waals surface area contributed by atoms with Gasteiger partial charge in [-0.3, -0.25) is 9.69 Å². The fourth-order valence-corrected chi connectivity index (χ4v) is 3.77. The van der Waals surface area contributed by atoms with Gasteiger partial charge in [-0.2, -0.15) is 13.2 Å². The summed E-state index contributed by atoms with van der Waals surface area (Å²) in [5.41, 5.74) is 0.836. The highest BCUT2D eigenvalue weighted by Crippen LogP contribution is 2.38. The first-order valence-corrected chi connectivity index (χ1v) is 8.60. The maximum Gasteiger partial charge on any atom is 0.393 e. The zero-order chi connectivity index (χ0) is 18.0. The average molecular weight is 357 g/mol. The van der Waals surface area contributed by atoms with E-state index in [0.29, 0.717) is 0 Å². The molecule has 2 aliphatic rings. The number of hydrogen-bond donors (Lipinski definition) is 1. The minimum Gasteiger partial charge on any atom is -0.490 e. The third-order valence-corrected chi connectivity index (χ3v) is 5.04. The summed E-state index contributed by atoms with van der Waals surface area (Å²) in [5, 5.41) is 9.09. The molecule has 0 spiro atoms. The van der Waals surface area contributed by atoms with E-state index in [0.717, 1.165) is 37.0 Å². The topological polar surface area (TPSA) is 49.8 Å². The number of ether oxygens (including phenoxy) is 1. The Kier molecular flexibility index (Phi) is 5.22. The molecule has 0 radical (unpaired) electrons. The van der Waals surface area contributed by atoms with E-state index < -0.39 is 24.0 Å². The van der Waals surface area contributed by atoms with Gasteiger partial charge >= 0.3 is 12.1 Å². The van der Waals surface area contributed by atoms with Crippen LogP contribution in [0.3, 0.4) is 0 Å². The Morgan fingerprint density at radius 2 is 1.96 bits per heavy atom. The molecule has 0 aromatic heterocycles. The highest BCUT2D eigenvalue weighted by atomic mass is 19.4. The summed E-state index contributed by atoms with van der Waals surface area (Å²) in [6.45, 7) is -0.0837. The van der Waals surface area contributed by atoms with Crippen LogP contribution in [0.4, 0.5) is 13.2 Å². The predicted molar refractivity (Wildman–Crippen MR) is 85.3 cm³/mol. The molecule has 25 heavy (non-hydrogen) atoms. The van der Waals surface area contributed by atoms with Crippen molar-refractivity contribution < 1.29 is 27.8 Å². The smallest absolute Gasteiger partial charge is 0.393 e. The van der Waals surface area contributed by atoms with Crippen molar-refractivity contribution in [3.05, 3.63) is 29.8 Å². The number of carboxylic acid groups (broad SMARTS) is 1. The lowest BCUT2D eigenvalue weighted by atomic mass is 9.96. The normalized spacial score (nSPS) is 25.4. The molecule has 1 saturated heterocycles. The van der Waals surface area contributed by atoms with E-state index in [1.54, 1.807) is 4.90 Å².